The first-order chi connectivity index (χ1) is 12.7. The van der Waals surface area contributed by atoms with Crippen molar-refractivity contribution in [3.63, 3.8) is 0 Å². The van der Waals surface area contributed by atoms with E-state index in [1.165, 1.54) is 5.06 Å². The van der Waals surface area contributed by atoms with E-state index in [0.29, 0.717) is 12.2 Å². The Balaban J connectivity index is 2.10. The first-order valence-corrected chi connectivity index (χ1v) is 9.65. The zero-order chi connectivity index (χ0) is 20.0. The zero-order valence-electron chi connectivity index (χ0n) is 16.7. The first-order valence-electron chi connectivity index (χ1n) is 9.65. The highest BCUT2D eigenvalue weighted by molar-refractivity contribution is 5.72. The molecule has 0 bridgehead atoms. The van der Waals surface area contributed by atoms with Crippen molar-refractivity contribution < 1.29 is 24.3 Å². The van der Waals surface area contributed by atoms with Crippen molar-refractivity contribution in [1.29, 1.82) is 0 Å². The smallest absolute Gasteiger partial charge is 0.344 e. The largest absolute Gasteiger partial charge is 0.479 e. The van der Waals surface area contributed by atoms with E-state index in [0.717, 1.165) is 37.7 Å². The van der Waals surface area contributed by atoms with Gasteiger partial charge in [-0.15, -0.1) is 0 Å². The molecule has 0 heterocycles. The van der Waals surface area contributed by atoms with Crippen LogP contribution in [0.4, 0.5) is 0 Å². The van der Waals surface area contributed by atoms with Gasteiger partial charge in [0.25, 0.3) is 0 Å². The number of benzene rings is 1. The molecule has 6 heteroatoms. The van der Waals surface area contributed by atoms with Crippen LogP contribution in [-0.4, -0.2) is 40.3 Å². The molecule has 1 aliphatic rings. The normalized spacial score (nSPS) is 21.3. The van der Waals surface area contributed by atoms with E-state index < -0.39 is 17.7 Å². The van der Waals surface area contributed by atoms with Gasteiger partial charge in [0.05, 0.1) is 11.6 Å². The minimum absolute atomic E-state index is 0.0347. The molecule has 0 radical (unpaired) electrons. The Morgan fingerprint density at radius 3 is 2.70 bits per heavy atom. The molecule has 0 aliphatic heterocycles. The van der Waals surface area contributed by atoms with E-state index >= 15 is 0 Å². The Labute approximate surface area is 161 Å². The summed E-state index contributed by atoms with van der Waals surface area (Å²) >= 11 is 0. The van der Waals surface area contributed by atoms with Crippen molar-refractivity contribution in [3.05, 3.63) is 29.8 Å². The molecular weight excluding hydrogens is 346 g/mol. The van der Waals surface area contributed by atoms with Gasteiger partial charge in [-0.3, -0.25) is 9.63 Å². The number of amides is 1. The summed E-state index contributed by atoms with van der Waals surface area (Å²) in [4.78, 5) is 28.5. The Bertz CT molecular complexity index is 640. The number of nitrogens with zero attached hydrogens (tertiary/aromatic N) is 1. The molecule has 1 aliphatic carbocycles. The predicted octanol–water partition coefficient (Wildman–Crippen LogP) is 4.14. The Hall–Kier alpha value is -2.08. The van der Waals surface area contributed by atoms with Crippen molar-refractivity contribution in [2.24, 2.45) is 0 Å². The molecule has 1 aromatic carbocycles. The van der Waals surface area contributed by atoms with Gasteiger partial charge in [-0.25, -0.2) is 9.86 Å². The second-order valence-electron chi connectivity index (χ2n) is 8.11. The highest BCUT2D eigenvalue weighted by Crippen LogP contribution is 2.36. The van der Waals surface area contributed by atoms with E-state index in [4.69, 9.17) is 9.57 Å². The molecule has 3 unspecified atom stereocenters. The minimum atomic E-state index is -0.957. The maximum absolute atomic E-state index is 11.5. The SMILES string of the molecule is CCC(Oc1cccc(C2CCCC(N(C=O)OC(C)(C)C)C2)c1)C(=O)O. The summed E-state index contributed by atoms with van der Waals surface area (Å²) in [6.45, 7) is 7.57. The Kier molecular flexibility index (Phi) is 7.25. The summed E-state index contributed by atoms with van der Waals surface area (Å²) in [5.74, 6) is -0.105. The fraction of sp³-hybridized carbons (Fsp3) is 0.619. The van der Waals surface area contributed by atoms with Gasteiger partial charge in [-0.1, -0.05) is 25.5 Å². The van der Waals surface area contributed by atoms with Crippen LogP contribution in [0.25, 0.3) is 0 Å². The van der Waals surface area contributed by atoms with Crippen molar-refractivity contribution in [3.8, 4) is 5.75 Å². The highest BCUT2D eigenvalue weighted by Gasteiger charge is 2.30. The lowest BCUT2D eigenvalue weighted by Gasteiger charge is -2.37. The lowest BCUT2D eigenvalue weighted by molar-refractivity contribution is -0.235. The Morgan fingerprint density at radius 2 is 2.11 bits per heavy atom. The summed E-state index contributed by atoms with van der Waals surface area (Å²) in [7, 11) is 0. The number of carboxylic acid groups (broad SMARTS) is 1. The number of rotatable bonds is 8. The van der Waals surface area contributed by atoms with Gasteiger partial charge in [0, 0.05) is 0 Å². The summed E-state index contributed by atoms with van der Waals surface area (Å²) in [6, 6.07) is 7.68. The third-order valence-corrected chi connectivity index (χ3v) is 4.74. The average Bonchev–Trinajstić information content (AvgIpc) is 2.63. The fourth-order valence-electron chi connectivity index (χ4n) is 3.51. The van der Waals surface area contributed by atoms with Crippen molar-refractivity contribution >= 4 is 12.4 Å². The standard InChI is InChI=1S/C21H31NO5/c1-5-19(20(24)25)26-18-11-7-9-16(13-18)15-8-6-10-17(12-15)22(14-23)27-21(2,3)4/h7,9,11,13-15,17,19H,5-6,8,10,12H2,1-4H3,(H,24,25). The van der Waals surface area contributed by atoms with E-state index in [1.54, 1.807) is 13.0 Å². The summed E-state index contributed by atoms with van der Waals surface area (Å²) in [5, 5.41) is 10.7. The van der Waals surface area contributed by atoms with E-state index in [2.05, 4.69) is 0 Å². The quantitative estimate of drug-likeness (QED) is 0.544. The van der Waals surface area contributed by atoms with Crippen LogP contribution in [0, 0.1) is 0 Å². The zero-order valence-corrected chi connectivity index (χ0v) is 16.7. The van der Waals surface area contributed by atoms with Gasteiger partial charge in [0.15, 0.2) is 6.10 Å². The molecule has 1 N–H and O–H groups in total. The van der Waals surface area contributed by atoms with E-state index in [-0.39, 0.29) is 12.0 Å². The average molecular weight is 377 g/mol. The minimum Gasteiger partial charge on any atom is -0.479 e. The molecule has 0 spiro atoms. The van der Waals surface area contributed by atoms with Crippen LogP contribution in [0.2, 0.25) is 0 Å². The number of ether oxygens (including phenoxy) is 1. The van der Waals surface area contributed by atoms with Crippen LogP contribution in [0.5, 0.6) is 5.75 Å². The molecule has 1 aromatic rings. The van der Waals surface area contributed by atoms with Gasteiger partial charge >= 0.3 is 5.97 Å². The van der Waals surface area contributed by atoms with Crippen LogP contribution in [0.15, 0.2) is 24.3 Å². The summed E-state index contributed by atoms with van der Waals surface area (Å²) in [6.07, 6.45) is 4.10. The molecule has 2 rings (SSSR count). The maximum atomic E-state index is 11.5. The van der Waals surface area contributed by atoms with Gasteiger partial charge in [0.2, 0.25) is 6.41 Å². The molecule has 0 aromatic heterocycles. The molecule has 3 atom stereocenters. The molecule has 6 nitrogen and oxygen atoms in total. The number of carboxylic acids is 1. The molecule has 27 heavy (non-hydrogen) atoms. The van der Waals surface area contributed by atoms with Crippen LogP contribution in [0.3, 0.4) is 0 Å². The topological polar surface area (TPSA) is 76.1 Å². The van der Waals surface area contributed by atoms with Crippen LogP contribution < -0.4 is 4.74 Å². The van der Waals surface area contributed by atoms with E-state index in [9.17, 15) is 14.7 Å². The van der Waals surface area contributed by atoms with Crippen LogP contribution in [-0.2, 0) is 14.4 Å². The van der Waals surface area contributed by atoms with Crippen LogP contribution in [0.1, 0.15) is 71.3 Å². The van der Waals surface area contributed by atoms with Crippen molar-refractivity contribution in [2.75, 3.05) is 0 Å². The van der Waals surface area contributed by atoms with Gasteiger partial charge in [-0.05, 0) is 70.1 Å². The second-order valence-corrected chi connectivity index (χ2v) is 8.11. The number of carbonyl (C=O) groups is 2. The predicted molar refractivity (Wildman–Crippen MR) is 103 cm³/mol. The molecule has 1 amide bonds. The second kappa shape index (κ2) is 9.22. The van der Waals surface area contributed by atoms with Crippen LogP contribution >= 0.6 is 0 Å². The number of hydroxylamine groups is 2. The number of hydrogen-bond donors (Lipinski definition) is 1. The molecule has 1 fully saturated rings. The van der Waals surface area contributed by atoms with Gasteiger partial charge in [0.1, 0.15) is 5.75 Å². The number of aliphatic carboxylic acids is 1. The summed E-state index contributed by atoms with van der Waals surface area (Å²) in [5.41, 5.74) is 0.687. The molecule has 0 saturated heterocycles. The lowest BCUT2D eigenvalue weighted by atomic mass is 9.81. The third-order valence-electron chi connectivity index (χ3n) is 4.74. The molecular formula is C21H31NO5. The first kappa shape index (κ1) is 21.2. The van der Waals surface area contributed by atoms with Crippen molar-refractivity contribution in [2.45, 2.75) is 83.5 Å². The Morgan fingerprint density at radius 1 is 1.37 bits per heavy atom. The van der Waals surface area contributed by atoms with Gasteiger partial charge in [-0.2, -0.15) is 0 Å². The van der Waals surface area contributed by atoms with Gasteiger partial charge < -0.3 is 9.84 Å². The third kappa shape index (κ3) is 6.24. The monoisotopic (exact) mass is 377 g/mol. The van der Waals surface area contributed by atoms with Crippen molar-refractivity contribution in [1.82, 2.24) is 5.06 Å². The maximum Gasteiger partial charge on any atom is 0.344 e. The molecule has 1 saturated carbocycles. The lowest BCUT2D eigenvalue weighted by Crippen LogP contribution is -2.42. The summed E-state index contributed by atoms with van der Waals surface area (Å²) < 4.78 is 5.63. The fourth-order valence-corrected chi connectivity index (χ4v) is 3.51. The van der Waals surface area contributed by atoms with E-state index in [1.807, 2.05) is 39.0 Å². The number of hydrogen-bond acceptors (Lipinski definition) is 4. The number of carbonyl (C=O) groups excluding carboxylic acids is 1. The highest BCUT2D eigenvalue weighted by atomic mass is 16.7. The molecule has 150 valence electrons.